The Morgan fingerprint density at radius 2 is 1.82 bits per heavy atom. The molecular formula is C22H15FN6O3S. The summed E-state index contributed by atoms with van der Waals surface area (Å²) in [7, 11) is -3.04. The molecule has 5 heterocycles. The van der Waals surface area contributed by atoms with E-state index in [2.05, 4.69) is 25.0 Å². The van der Waals surface area contributed by atoms with E-state index in [-0.39, 0.29) is 23.4 Å². The smallest absolute Gasteiger partial charge is 0.230 e. The number of rotatable bonds is 4. The molecule has 6 rings (SSSR count). The first-order chi connectivity index (χ1) is 16.0. The molecule has 0 N–H and O–H groups in total. The van der Waals surface area contributed by atoms with Crippen LogP contribution >= 0.6 is 0 Å². The van der Waals surface area contributed by atoms with E-state index in [0.717, 1.165) is 0 Å². The third-order valence-electron chi connectivity index (χ3n) is 5.54. The molecule has 0 amide bonds. The minimum absolute atomic E-state index is 0.0275. The SMILES string of the molecule is O=S1(=O)CC(n2cc(-c3ncnc4oc(-c5ccncn5)cc34)c(-c3ccc(F)cc3)n2)C1. The number of sulfone groups is 1. The Morgan fingerprint density at radius 1 is 1.00 bits per heavy atom. The molecule has 164 valence electrons. The van der Waals surface area contributed by atoms with Gasteiger partial charge in [-0.15, -0.1) is 0 Å². The van der Waals surface area contributed by atoms with E-state index in [1.165, 1.54) is 24.8 Å². The summed E-state index contributed by atoms with van der Waals surface area (Å²) in [6.45, 7) is 0. The van der Waals surface area contributed by atoms with Crippen molar-refractivity contribution in [3.63, 3.8) is 0 Å². The summed E-state index contributed by atoms with van der Waals surface area (Å²) in [5.41, 5.74) is 3.44. The monoisotopic (exact) mass is 462 g/mol. The molecule has 1 aromatic carbocycles. The quantitative estimate of drug-likeness (QED) is 0.399. The number of aromatic nitrogens is 6. The summed E-state index contributed by atoms with van der Waals surface area (Å²) in [5, 5.41) is 5.31. The van der Waals surface area contributed by atoms with Crippen LogP contribution in [0.3, 0.4) is 0 Å². The zero-order valence-corrected chi connectivity index (χ0v) is 17.8. The van der Waals surface area contributed by atoms with Crippen molar-refractivity contribution in [1.82, 2.24) is 29.7 Å². The van der Waals surface area contributed by atoms with E-state index in [4.69, 9.17) is 4.42 Å². The Kier molecular flexibility index (Phi) is 4.34. The molecule has 1 saturated heterocycles. The van der Waals surface area contributed by atoms with Crippen molar-refractivity contribution >= 4 is 20.9 Å². The van der Waals surface area contributed by atoms with Crippen LogP contribution in [-0.2, 0) is 9.84 Å². The lowest BCUT2D eigenvalue weighted by Gasteiger charge is -2.25. The zero-order valence-electron chi connectivity index (χ0n) is 17.0. The van der Waals surface area contributed by atoms with Gasteiger partial charge in [0.05, 0.1) is 28.6 Å². The Labute approximate surface area is 186 Å². The van der Waals surface area contributed by atoms with E-state index in [0.29, 0.717) is 45.1 Å². The van der Waals surface area contributed by atoms with E-state index >= 15 is 0 Å². The lowest BCUT2D eigenvalue weighted by Crippen LogP contribution is -2.38. The summed E-state index contributed by atoms with van der Waals surface area (Å²) in [6, 6.07) is 9.23. The van der Waals surface area contributed by atoms with Crippen molar-refractivity contribution in [2.75, 3.05) is 11.5 Å². The highest BCUT2D eigenvalue weighted by Gasteiger charge is 2.36. The van der Waals surface area contributed by atoms with Crippen LogP contribution in [0.2, 0.25) is 0 Å². The number of halogens is 1. The lowest BCUT2D eigenvalue weighted by molar-refractivity contribution is 0.474. The second kappa shape index (κ2) is 7.27. The van der Waals surface area contributed by atoms with Crippen LogP contribution in [0.4, 0.5) is 4.39 Å². The average molecular weight is 462 g/mol. The molecule has 0 atom stereocenters. The van der Waals surface area contributed by atoms with Crippen molar-refractivity contribution in [2.24, 2.45) is 0 Å². The summed E-state index contributed by atoms with van der Waals surface area (Å²) < 4.78 is 44.5. The molecule has 0 radical (unpaired) electrons. The van der Waals surface area contributed by atoms with Gasteiger partial charge in [0.25, 0.3) is 0 Å². The van der Waals surface area contributed by atoms with Crippen molar-refractivity contribution in [2.45, 2.75) is 6.04 Å². The van der Waals surface area contributed by atoms with Gasteiger partial charge in [0, 0.05) is 23.5 Å². The molecule has 1 aliphatic heterocycles. The van der Waals surface area contributed by atoms with Crippen LogP contribution in [-0.4, -0.2) is 49.6 Å². The minimum atomic E-state index is -3.04. The largest absolute Gasteiger partial charge is 0.436 e. The van der Waals surface area contributed by atoms with Gasteiger partial charge in [0.1, 0.15) is 29.9 Å². The second-order valence-electron chi connectivity index (χ2n) is 7.76. The van der Waals surface area contributed by atoms with Crippen molar-refractivity contribution in [3.05, 3.63) is 67.3 Å². The van der Waals surface area contributed by atoms with Crippen LogP contribution in [0.1, 0.15) is 6.04 Å². The van der Waals surface area contributed by atoms with Crippen LogP contribution in [0.25, 0.3) is 45.1 Å². The normalized spacial score (nSPS) is 15.5. The van der Waals surface area contributed by atoms with Gasteiger partial charge in [-0.1, -0.05) is 0 Å². The van der Waals surface area contributed by atoms with Gasteiger partial charge >= 0.3 is 0 Å². The van der Waals surface area contributed by atoms with E-state index in [9.17, 15) is 12.8 Å². The van der Waals surface area contributed by atoms with Gasteiger partial charge in [-0.25, -0.2) is 32.7 Å². The predicted molar refractivity (Wildman–Crippen MR) is 117 cm³/mol. The number of furan rings is 1. The van der Waals surface area contributed by atoms with Gasteiger partial charge < -0.3 is 4.42 Å². The molecule has 4 aromatic heterocycles. The Morgan fingerprint density at radius 3 is 2.55 bits per heavy atom. The Hall–Kier alpha value is -3.99. The van der Waals surface area contributed by atoms with Crippen LogP contribution in [0.5, 0.6) is 0 Å². The first kappa shape index (κ1) is 19.7. The van der Waals surface area contributed by atoms with Gasteiger partial charge in [-0.3, -0.25) is 4.68 Å². The maximum absolute atomic E-state index is 13.5. The molecule has 33 heavy (non-hydrogen) atoms. The van der Waals surface area contributed by atoms with Crippen LogP contribution in [0.15, 0.2) is 65.9 Å². The number of hydrogen-bond acceptors (Lipinski definition) is 8. The molecule has 1 aliphatic rings. The van der Waals surface area contributed by atoms with Crippen molar-refractivity contribution in [1.29, 1.82) is 0 Å². The van der Waals surface area contributed by atoms with E-state index < -0.39 is 9.84 Å². The predicted octanol–water partition coefficient (Wildman–Crippen LogP) is 3.32. The number of nitrogens with zero attached hydrogens (tertiary/aromatic N) is 6. The maximum atomic E-state index is 13.5. The summed E-state index contributed by atoms with van der Waals surface area (Å²) in [6.07, 6.45) is 6.21. The highest BCUT2D eigenvalue weighted by atomic mass is 32.2. The molecule has 1 fully saturated rings. The van der Waals surface area contributed by atoms with Crippen LogP contribution in [0, 0.1) is 5.82 Å². The van der Waals surface area contributed by atoms with Gasteiger partial charge in [0.2, 0.25) is 5.71 Å². The summed E-state index contributed by atoms with van der Waals surface area (Å²) in [4.78, 5) is 16.9. The average Bonchev–Trinajstić information content (AvgIpc) is 3.43. The molecule has 0 spiro atoms. The third kappa shape index (κ3) is 3.46. The van der Waals surface area contributed by atoms with Crippen molar-refractivity contribution in [3.8, 4) is 34.0 Å². The van der Waals surface area contributed by atoms with Gasteiger partial charge in [-0.05, 0) is 36.4 Å². The number of hydrogen-bond donors (Lipinski definition) is 0. The van der Waals surface area contributed by atoms with Crippen LogP contribution < -0.4 is 0 Å². The fraction of sp³-hybridized carbons (Fsp3) is 0.136. The number of fused-ring (bicyclic) bond motifs is 1. The fourth-order valence-corrected chi connectivity index (χ4v) is 5.28. The molecule has 0 bridgehead atoms. The summed E-state index contributed by atoms with van der Waals surface area (Å²) >= 11 is 0. The molecule has 5 aromatic rings. The van der Waals surface area contributed by atoms with Gasteiger partial charge in [0.15, 0.2) is 15.6 Å². The van der Waals surface area contributed by atoms with E-state index in [1.807, 2.05) is 0 Å². The minimum Gasteiger partial charge on any atom is -0.436 e. The summed E-state index contributed by atoms with van der Waals surface area (Å²) in [5.74, 6) is 0.202. The van der Waals surface area contributed by atoms with Gasteiger partial charge in [-0.2, -0.15) is 5.10 Å². The Bertz CT molecular complexity index is 1580. The number of benzene rings is 1. The zero-order chi connectivity index (χ0) is 22.6. The standard InChI is InChI=1S/C22H15FN6O3S/c23-14-3-1-13(2-4-14)20-17(8-29(28-20)15-9-33(30,31)10-15)21-16-7-19(18-5-6-24-11-25-18)32-22(16)27-12-26-21/h1-8,11-12,15H,9-10H2. The first-order valence-electron chi connectivity index (χ1n) is 10.0. The molecule has 0 unspecified atom stereocenters. The second-order valence-corrected chi connectivity index (χ2v) is 9.91. The maximum Gasteiger partial charge on any atom is 0.230 e. The molecular weight excluding hydrogens is 447 g/mol. The fourth-order valence-electron chi connectivity index (χ4n) is 3.90. The topological polar surface area (TPSA) is 117 Å². The molecule has 0 saturated carbocycles. The van der Waals surface area contributed by atoms with Crippen molar-refractivity contribution < 1.29 is 17.2 Å². The highest BCUT2D eigenvalue weighted by molar-refractivity contribution is 7.92. The molecule has 11 heteroatoms. The molecule has 9 nitrogen and oxygen atoms in total. The first-order valence-corrected chi connectivity index (χ1v) is 11.9. The molecule has 0 aliphatic carbocycles. The van der Waals surface area contributed by atoms with E-state index in [1.54, 1.807) is 41.3 Å². The Balaban J connectivity index is 1.53. The third-order valence-corrected chi connectivity index (χ3v) is 7.32. The highest BCUT2D eigenvalue weighted by Crippen LogP contribution is 2.37. The lowest BCUT2D eigenvalue weighted by atomic mass is 10.0.